The molecule has 0 atom stereocenters. The van der Waals surface area contributed by atoms with E-state index in [1.54, 1.807) is 48.5 Å². The predicted molar refractivity (Wildman–Crippen MR) is 95.5 cm³/mol. The summed E-state index contributed by atoms with van der Waals surface area (Å²) in [6.45, 7) is 0.648. The minimum absolute atomic E-state index is 0.316. The summed E-state index contributed by atoms with van der Waals surface area (Å²) in [5.41, 5.74) is 8.22. The molecule has 0 radical (unpaired) electrons. The van der Waals surface area contributed by atoms with Crippen molar-refractivity contribution in [2.24, 2.45) is 10.8 Å². The minimum atomic E-state index is -0.724. The Hall–Kier alpha value is -3.55. The first-order valence-corrected chi connectivity index (χ1v) is 7.71. The van der Waals surface area contributed by atoms with Crippen LogP contribution in [0.2, 0.25) is 0 Å². The standard InChI is InChI=1S/C18H19N3O5/c1-24-17(22)14-3-2-4-16(11-14)26-10-9-25-15-7-5-13(6-8-15)12-20-21-18(19)23/h2-8,11-12H,9-10H2,1H3,(H3,19,21,23). The molecule has 8 nitrogen and oxygen atoms in total. The summed E-state index contributed by atoms with van der Waals surface area (Å²) in [4.78, 5) is 22.0. The highest BCUT2D eigenvalue weighted by Crippen LogP contribution is 2.15. The number of nitrogens with zero attached hydrogens (tertiary/aromatic N) is 1. The fraction of sp³-hybridized carbons (Fsp3) is 0.167. The van der Waals surface area contributed by atoms with Crippen molar-refractivity contribution in [1.29, 1.82) is 0 Å². The number of hydrazone groups is 1. The Morgan fingerprint density at radius 3 is 2.42 bits per heavy atom. The van der Waals surface area contributed by atoms with Crippen molar-refractivity contribution in [2.45, 2.75) is 0 Å². The number of carbonyl (C=O) groups is 2. The van der Waals surface area contributed by atoms with Gasteiger partial charge in [-0.05, 0) is 48.0 Å². The first kappa shape index (κ1) is 18.8. The smallest absolute Gasteiger partial charge is 0.337 e. The summed E-state index contributed by atoms with van der Waals surface area (Å²) >= 11 is 0. The number of benzene rings is 2. The van der Waals surface area contributed by atoms with Crippen LogP contribution in [0.1, 0.15) is 15.9 Å². The van der Waals surface area contributed by atoms with Crippen LogP contribution in [0, 0.1) is 0 Å². The molecule has 0 aromatic heterocycles. The van der Waals surface area contributed by atoms with E-state index in [2.05, 4.69) is 15.3 Å². The summed E-state index contributed by atoms with van der Waals surface area (Å²) in [5, 5.41) is 3.66. The Bertz CT molecular complexity index is 775. The van der Waals surface area contributed by atoms with Crippen molar-refractivity contribution in [3.8, 4) is 11.5 Å². The lowest BCUT2D eigenvalue weighted by atomic mass is 10.2. The zero-order chi connectivity index (χ0) is 18.8. The van der Waals surface area contributed by atoms with Crippen molar-refractivity contribution in [3.05, 3.63) is 59.7 Å². The SMILES string of the molecule is COC(=O)c1cccc(OCCOc2ccc(C=NNC(N)=O)cc2)c1. The molecular weight excluding hydrogens is 338 g/mol. The molecular formula is C18H19N3O5. The van der Waals surface area contributed by atoms with Gasteiger partial charge in [-0.2, -0.15) is 5.10 Å². The number of hydrogen-bond donors (Lipinski definition) is 2. The predicted octanol–water partition coefficient (Wildman–Crippen LogP) is 1.93. The van der Waals surface area contributed by atoms with Crippen molar-refractivity contribution < 1.29 is 23.8 Å². The van der Waals surface area contributed by atoms with Crippen LogP contribution in [0.5, 0.6) is 11.5 Å². The highest BCUT2D eigenvalue weighted by molar-refractivity contribution is 5.89. The monoisotopic (exact) mass is 357 g/mol. The fourth-order valence-corrected chi connectivity index (χ4v) is 1.97. The molecule has 0 fully saturated rings. The second kappa shape index (κ2) is 9.67. The molecule has 26 heavy (non-hydrogen) atoms. The summed E-state index contributed by atoms with van der Waals surface area (Å²) in [6.07, 6.45) is 1.46. The average Bonchev–Trinajstić information content (AvgIpc) is 2.65. The Kier molecular flexibility index (Phi) is 6.99. The van der Waals surface area contributed by atoms with E-state index in [0.717, 1.165) is 5.56 Å². The molecule has 0 aliphatic carbocycles. The molecule has 0 aliphatic rings. The normalized spacial score (nSPS) is 10.3. The number of rotatable bonds is 8. The molecule has 2 rings (SSSR count). The third-order valence-corrected chi connectivity index (χ3v) is 3.14. The zero-order valence-corrected chi connectivity index (χ0v) is 14.2. The van der Waals surface area contributed by atoms with Gasteiger partial charge < -0.3 is 19.9 Å². The maximum atomic E-state index is 11.5. The number of urea groups is 1. The number of nitrogens with two attached hydrogens (primary N) is 1. The Labute approximate surface area is 150 Å². The van der Waals surface area contributed by atoms with Crippen LogP contribution in [0.15, 0.2) is 53.6 Å². The second-order valence-corrected chi connectivity index (χ2v) is 5.02. The molecule has 0 heterocycles. The van der Waals surface area contributed by atoms with Gasteiger partial charge in [0.15, 0.2) is 0 Å². The first-order chi connectivity index (χ1) is 12.6. The van der Waals surface area contributed by atoms with Crippen LogP contribution in [0.25, 0.3) is 0 Å². The quantitative estimate of drug-likeness (QED) is 0.324. The fourth-order valence-electron chi connectivity index (χ4n) is 1.97. The molecule has 0 spiro atoms. The highest BCUT2D eigenvalue weighted by Gasteiger charge is 2.06. The molecule has 3 N–H and O–H groups in total. The second-order valence-electron chi connectivity index (χ2n) is 5.02. The maximum absolute atomic E-state index is 11.5. The van der Waals surface area contributed by atoms with Crippen LogP contribution in [-0.2, 0) is 4.74 Å². The topological polar surface area (TPSA) is 112 Å². The maximum Gasteiger partial charge on any atom is 0.337 e. The van der Waals surface area contributed by atoms with E-state index in [1.807, 2.05) is 0 Å². The third kappa shape index (κ3) is 6.16. The van der Waals surface area contributed by atoms with Crippen LogP contribution < -0.4 is 20.6 Å². The first-order valence-electron chi connectivity index (χ1n) is 7.71. The van der Waals surface area contributed by atoms with Gasteiger partial charge in [-0.25, -0.2) is 15.0 Å². The van der Waals surface area contributed by atoms with E-state index in [4.69, 9.17) is 15.2 Å². The van der Waals surface area contributed by atoms with Gasteiger partial charge in [0.05, 0.1) is 18.9 Å². The number of esters is 1. The van der Waals surface area contributed by atoms with Gasteiger partial charge in [0, 0.05) is 0 Å². The Morgan fingerprint density at radius 2 is 1.77 bits per heavy atom. The van der Waals surface area contributed by atoms with E-state index >= 15 is 0 Å². The number of hydrogen-bond acceptors (Lipinski definition) is 6. The average molecular weight is 357 g/mol. The molecule has 0 saturated carbocycles. The number of primary amides is 1. The largest absolute Gasteiger partial charge is 0.490 e. The van der Waals surface area contributed by atoms with Crippen LogP contribution in [0.4, 0.5) is 4.79 Å². The summed E-state index contributed by atoms with van der Waals surface area (Å²) in [6, 6.07) is 13.1. The summed E-state index contributed by atoms with van der Waals surface area (Å²) in [5.74, 6) is 0.809. The lowest BCUT2D eigenvalue weighted by Gasteiger charge is -2.09. The number of methoxy groups -OCH3 is 1. The summed E-state index contributed by atoms with van der Waals surface area (Å²) < 4.78 is 15.8. The van der Waals surface area contributed by atoms with Crippen molar-refractivity contribution >= 4 is 18.2 Å². The summed E-state index contributed by atoms with van der Waals surface area (Å²) in [7, 11) is 1.33. The van der Waals surface area contributed by atoms with Crippen LogP contribution in [0.3, 0.4) is 0 Å². The lowest BCUT2D eigenvalue weighted by Crippen LogP contribution is -2.24. The number of ether oxygens (including phenoxy) is 3. The number of amides is 2. The lowest BCUT2D eigenvalue weighted by molar-refractivity contribution is 0.0600. The van der Waals surface area contributed by atoms with Gasteiger partial charge in [-0.15, -0.1) is 0 Å². The Balaban J connectivity index is 1.77. The highest BCUT2D eigenvalue weighted by atomic mass is 16.5. The molecule has 0 bridgehead atoms. The molecule has 2 aromatic carbocycles. The van der Waals surface area contributed by atoms with Crippen molar-refractivity contribution in [3.63, 3.8) is 0 Å². The molecule has 0 saturated heterocycles. The van der Waals surface area contributed by atoms with E-state index in [9.17, 15) is 9.59 Å². The van der Waals surface area contributed by atoms with E-state index in [1.165, 1.54) is 13.3 Å². The number of nitrogens with one attached hydrogen (secondary N) is 1. The molecule has 2 amide bonds. The number of carbonyl (C=O) groups excluding carboxylic acids is 2. The third-order valence-electron chi connectivity index (χ3n) is 3.14. The van der Waals surface area contributed by atoms with Gasteiger partial charge in [0.1, 0.15) is 24.7 Å². The van der Waals surface area contributed by atoms with Crippen molar-refractivity contribution in [1.82, 2.24) is 5.43 Å². The van der Waals surface area contributed by atoms with Crippen LogP contribution in [-0.4, -0.2) is 38.5 Å². The molecule has 0 unspecified atom stereocenters. The van der Waals surface area contributed by atoms with Crippen LogP contribution >= 0.6 is 0 Å². The van der Waals surface area contributed by atoms with E-state index < -0.39 is 12.0 Å². The molecule has 0 aliphatic heterocycles. The van der Waals surface area contributed by atoms with E-state index in [-0.39, 0.29) is 0 Å². The molecule has 8 heteroatoms. The van der Waals surface area contributed by atoms with Gasteiger partial charge in [-0.1, -0.05) is 6.07 Å². The Morgan fingerprint density at radius 1 is 1.08 bits per heavy atom. The molecule has 136 valence electrons. The van der Waals surface area contributed by atoms with Gasteiger partial charge >= 0.3 is 12.0 Å². The molecule has 2 aromatic rings. The van der Waals surface area contributed by atoms with Gasteiger partial charge in [-0.3, -0.25) is 0 Å². The minimum Gasteiger partial charge on any atom is -0.490 e. The van der Waals surface area contributed by atoms with Crippen molar-refractivity contribution in [2.75, 3.05) is 20.3 Å². The zero-order valence-electron chi connectivity index (χ0n) is 14.2. The van der Waals surface area contributed by atoms with Gasteiger partial charge in [0.25, 0.3) is 0 Å². The van der Waals surface area contributed by atoms with Gasteiger partial charge in [0.2, 0.25) is 0 Å². The van der Waals surface area contributed by atoms with E-state index in [0.29, 0.717) is 30.3 Å².